The molecule has 184 valence electrons. The van der Waals surface area contributed by atoms with Gasteiger partial charge in [0.05, 0.1) is 5.92 Å². The predicted octanol–water partition coefficient (Wildman–Crippen LogP) is 4.41. The molecule has 3 aliphatic rings. The van der Waals surface area contributed by atoms with Gasteiger partial charge in [-0.1, -0.05) is 61.9 Å². The Morgan fingerprint density at radius 2 is 1.77 bits per heavy atom. The van der Waals surface area contributed by atoms with Crippen molar-refractivity contribution in [2.24, 2.45) is 11.8 Å². The lowest BCUT2D eigenvalue weighted by molar-refractivity contribution is -0.156. The lowest BCUT2D eigenvalue weighted by Gasteiger charge is -2.36. The maximum atomic E-state index is 13.4. The maximum Gasteiger partial charge on any atom is 0.407 e. The van der Waals surface area contributed by atoms with Crippen molar-refractivity contribution < 1.29 is 24.2 Å². The van der Waals surface area contributed by atoms with Crippen LogP contribution in [0.2, 0.25) is 0 Å². The van der Waals surface area contributed by atoms with E-state index in [9.17, 15) is 19.5 Å². The van der Waals surface area contributed by atoms with Gasteiger partial charge in [0, 0.05) is 19.0 Å². The highest BCUT2D eigenvalue weighted by Crippen LogP contribution is 2.54. The van der Waals surface area contributed by atoms with Gasteiger partial charge < -0.3 is 20.1 Å². The number of carboxylic acids is 1. The van der Waals surface area contributed by atoms with E-state index in [2.05, 4.69) is 29.6 Å². The number of benzene rings is 2. The van der Waals surface area contributed by atoms with E-state index in [1.165, 1.54) is 0 Å². The molecule has 0 spiro atoms. The van der Waals surface area contributed by atoms with Crippen LogP contribution in [-0.2, 0) is 14.3 Å². The summed E-state index contributed by atoms with van der Waals surface area (Å²) in [6, 6.07) is 16.3. The summed E-state index contributed by atoms with van der Waals surface area (Å²) in [7, 11) is 0. The number of piperidine rings is 1. The largest absolute Gasteiger partial charge is 0.479 e. The second kappa shape index (κ2) is 9.36. The second-order valence-corrected chi connectivity index (χ2v) is 9.95. The van der Waals surface area contributed by atoms with Crippen LogP contribution in [-0.4, -0.2) is 53.2 Å². The number of carbonyl (C=O) groups excluding carboxylic acids is 2. The van der Waals surface area contributed by atoms with Crippen LogP contribution >= 0.6 is 0 Å². The van der Waals surface area contributed by atoms with E-state index in [-0.39, 0.29) is 30.9 Å². The van der Waals surface area contributed by atoms with E-state index in [1.807, 2.05) is 31.2 Å². The number of rotatable bonds is 8. The normalized spacial score (nSPS) is 23.0. The third-order valence-corrected chi connectivity index (χ3v) is 7.95. The molecular weight excluding hydrogens is 444 g/mol. The summed E-state index contributed by atoms with van der Waals surface area (Å²) in [6.45, 7) is 2.80. The van der Waals surface area contributed by atoms with Crippen molar-refractivity contribution in [2.45, 2.75) is 50.5 Å². The molecule has 0 aromatic heterocycles. The molecule has 2 aromatic carbocycles. The van der Waals surface area contributed by atoms with E-state index >= 15 is 0 Å². The molecule has 1 unspecified atom stereocenters. The maximum absolute atomic E-state index is 13.4. The standard InChI is InChI=1S/C28H32N2O5/c1-2-8-18(25(31)30-14-7-9-19-15-28(19,30)26(32)33)16-29-27(34)35-17-24-22-12-5-3-10-20(22)21-11-4-6-13-23(21)24/h3-6,10-13,18-19,24H,2,7-9,14-17H2,1H3,(H,29,34)(H,32,33)/t18?,19-,28+/m1/s1. The average Bonchev–Trinajstić information content (AvgIpc) is 3.56. The fourth-order valence-electron chi connectivity index (χ4n) is 6.11. The fraction of sp³-hybridized carbons (Fsp3) is 0.464. The smallest absolute Gasteiger partial charge is 0.407 e. The number of carbonyl (C=O) groups is 3. The molecule has 2 aliphatic carbocycles. The zero-order chi connectivity index (χ0) is 24.6. The molecule has 2 aromatic rings. The lowest BCUT2D eigenvalue weighted by Crippen LogP contribution is -2.54. The molecule has 5 rings (SSSR count). The fourth-order valence-corrected chi connectivity index (χ4v) is 6.11. The summed E-state index contributed by atoms with van der Waals surface area (Å²) in [5.74, 6) is -1.52. The van der Waals surface area contributed by atoms with E-state index in [0.717, 1.165) is 41.5 Å². The van der Waals surface area contributed by atoms with Gasteiger partial charge >= 0.3 is 12.1 Å². The first kappa shape index (κ1) is 23.4. The summed E-state index contributed by atoms with van der Waals surface area (Å²) >= 11 is 0. The number of nitrogens with one attached hydrogen (secondary N) is 1. The number of fused-ring (bicyclic) bond motifs is 4. The van der Waals surface area contributed by atoms with Crippen molar-refractivity contribution in [2.75, 3.05) is 19.7 Å². The highest BCUT2D eigenvalue weighted by molar-refractivity contribution is 5.91. The molecule has 7 nitrogen and oxygen atoms in total. The van der Waals surface area contributed by atoms with Crippen LogP contribution in [0.25, 0.3) is 11.1 Å². The SMILES string of the molecule is CCCC(CNC(=O)OCC1c2ccccc2-c2ccccc21)C(=O)N1CCC[C@@H]2C[C@@]21C(=O)O. The molecule has 2 fully saturated rings. The van der Waals surface area contributed by atoms with E-state index in [1.54, 1.807) is 4.90 Å². The van der Waals surface area contributed by atoms with Crippen LogP contribution in [0, 0.1) is 11.8 Å². The average molecular weight is 477 g/mol. The summed E-state index contributed by atoms with van der Waals surface area (Å²) < 4.78 is 5.61. The van der Waals surface area contributed by atoms with Gasteiger partial charge in [-0.3, -0.25) is 4.79 Å². The van der Waals surface area contributed by atoms with Crippen LogP contribution < -0.4 is 5.32 Å². The molecule has 0 radical (unpaired) electrons. The lowest BCUT2D eigenvalue weighted by atomic mass is 9.96. The van der Waals surface area contributed by atoms with Gasteiger partial charge in [-0.25, -0.2) is 9.59 Å². The highest BCUT2D eigenvalue weighted by atomic mass is 16.5. The molecule has 1 heterocycles. The van der Waals surface area contributed by atoms with Gasteiger partial charge in [-0.15, -0.1) is 0 Å². The molecule has 7 heteroatoms. The first-order valence-electron chi connectivity index (χ1n) is 12.6. The number of nitrogens with zero attached hydrogens (tertiary/aromatic N) is 1. The van der Waals surface area contributed by atoms with E-state index in [0.29, 0.717) is 19.4 Å². The third kappa shape index (κ3) is 4.07. The van der Waals surface area contributed by atoms with Gasteiger partial charge in [-0.05, 0) is 53.9 Å². The predicted molar refractivity (Wildman–Crippen MR) is 131 cm³/mol. The number of hydrogen-bond acceptors (Lipinski definition) is 4. The Morgan fingerprint density at radius 1 is 1.11 bits per heavy atom. The van der Waals surface area contributed by atoms with Crippen LogP contribution in [0.3, 0.4) is 0 Å². The van der Waals surface area contributed by atoms with Gasteiger partial charge in [0.1, 0.15) is 12.1 Å². The zero-order valence-electron chi connectivity index (χ0n) is 20.0. The molecule has 1 saturated carbocycles. The quantitative estimate of drug-likeness (QED) is 0.589. The third-order valence-electron chi connectivity index (χ3n) is 7.95. The number of amides is 2. The Labute approximate surface area is 205 Å². The van der Waals surface area contributed by atoms with Crippen molar-refractivity contribution in [3.05, 3.63) is 59.7 Å². The first-order valence-corrected chi connectivity index (χ1v) is 12.6. The minimum atomic E-state index is -1.04. The molecule has 3 atom stereocenters. The van der Waals surface area contributed by atoms with Crippen LogP contribution in [0.15, 0.2) is 48.5 Å². The minimum absolute atomic E-state index is 0.0307. The van der Waals surface area contributed by atoms with Gasteiger partial charge in [0.2, 0.25) is 5.91 Å². The molecule has 1 saturated heterocycles. The number of carboxylic acid groups (broad SMARTS) is 1. The molecule has 2 amide bonds. The van der Waals surface area contributed by atoms with E-state index in [4.69, 9.17) is 4.74 Å². The number of alkyl carbamates (subject to hydrolysis) is 1. The molecule has 1 aliphatic heterocycles. The topological polar surface area (TPSA) is 95.9 Å². The van der Waals surface area contributed by atoms with Crippen molar-refractivity contribution in [1.82, 2.24) is 10.2 Å². The highest BCUT2D eigenvalue weighted by Gasteiger charge is 2.67. The van der Waals surface area contributed by atoms with Crippen LogP contribution in [0.1, 0.15) is 56.1 Å². The Kier molecular flexibility index (Phi) is 6.26. The van der Waals surface area contributed by atoms with Crippen LogP contribution in [0.4, 0.5) is 4.79 Å². The molecule has 35 heavy (non-hydrogen) atoms. The Morgan fingerprint density at radius 3 is 2.40 bits per heavy atom. The van der Waals surface area contributed by atoms with Gasteiger partial charge in [0.25, 0.3) is 0 Å². The number of ether oxygens (including phenoxy) is 1. The summed E-state index contributed by atoms with van der Waals surface area (Å²) in [5.41, 5.74) is 3.58. The summed E-state index contributed by atoms with van der Waals surface area (Å²) in [6.07, 6.45) is 3.00. The van der Waals surface area contributed by atoms with Crippen LogP contribution in [0.5, 0.6) is 0 Å². The van der Waals surface area contributed by atoms with E-state index < -0.39 is 23.5 Å². The Hall–Kier alpha value is -3.35. The summed E-state index contributed by atoms with van der Waals surface area (Å²) in [5, 5.41) is 12.6. The van der Waals surface area contributed by atoms with Crippen molar-refractivity contribution in [3.8, 4) is 11.1 Å². The molecule has 0 bridgehead atoms. The first-order chi connectivity index (χ1) is 17.0. The summed E-state index contributed by atoms with van der Waals surface area (Å²) in [4.78, 5) is 39.5. The van der Waals surface area contributed by atoms with Crippen molar-refractivity contribution >= 4 is 18.0 Å². The van der Waals surface area contributed by atoms with Gasteiger partial charge in [-0.2, -0.15) is 0 Å². The number of hydrogen-bond donors (Lipinski definition) is 2. The van der Waals surface area contributed by atoms with Gasteiger partial charge in [0.15, 0.2) is 0 Å². The second-order valence-electron chi connectivity index (χ2n) is 9.95. The monoisotopic (exact) mass is 476 g/mol. The van der Waals surface area contributed by atoms with Crippen molar-refractivity contribution in [3.63, 3.8) is 0 Å². The minimum Gasteiger partial charge on any atom is -0.479 e. The molecule has 2 N–H and O–H groups in total. The van der Waals surface area contributed by atoms with Crippen molar-refractivity contribution in [1.29, 1.82) is 0 Å². The molecular formula is C28H32N2O5. The zero-order valence-corrected chi connectivity index (χ0v) is 20.0. The Bertz CT molecular complexity index is 1100. The number of aliphatic carboxylic acids is 1. The number of likely N-dealkylation sites (tertiary alicyclic amines) is 1. The Balaban J connectivity index is 1.21.